The smallest absolute Gasteiger partial charge is 0.241 e. The van der Waals surface area contributed by atoms with E-state index in [9.17, 15) is 13.2 Å². The fraction of sp³-hybridized carbons (Fsp3) is 0.533. The molecule has 1 aliphatic heterocycles. The number of carbonyl (C=O) groups is 1. The normalized spacial score (nSPS) is 17.0. The lowest BCUT2D eigenvalue weighted by Crippen LogP contribution is -2.43. The Kier molecular flexibility index (Phi) is 5.00. The monoisotopic (exact) mass is 310 g/mol. The number of carbonyl (C=O) groups excluding carboxylic acids is 1. The first-order valence-corrected chi connectivity index (χ1v) is 8.71. The van der Waals surface area contributed by atoms with Gasteiger partial charge in [0, 0.05) is 13.1 Å². The minimum absolute atomic E-state index is 0.154. The molecule has 6 heteroatoms. The molecule has 0 atom stereocenters. The molecule has 116 valence electrons. The summed E-state index contributed by atoms with van der Waals surface area (Å²) < 4.78 is 26.8. The first-order valence-electron chi connectivity index (χ1n) is 7.23. The second-order valence-corrected chi connectivity index (χ2v) is 7.39. The van der Waals surface area contributed by atoms with Gasteiger partial charge >= 0.3 is 0 Å². The number of aryl methyl sites for hydroxylation is 1. The van der Waals surface area contributed by atoms with Gasteiger partial charge in [0.25, 0.3) is 0 Å². The predicted octanol–water partition coefficient (Wildman–Crippen LogP) is 1.53. The maximum atomic E-state index is 12.2. The highest BCUT2D eigenvalue weighted by atomic mass is 32.2. The SMILES string of the molecule is Cc1ccccc1S(=O)(=O)NCC(=O)N1CCC(C)CC1. The van der Waals surface area contributed by atoms with E-state index < -0.39 is 10.0 Å². The van der Waals surface area contributed by atoms with E-state index in [-0.39, 0.29) is 17.3 Å². The number of hydrogen-bond donors (Lipinski definition) is 1. The summed E-state index contributed by atoms with van der Waals surface area (Å²) in [6, 6.07) is 6.75. The van der Waals surface area contributed by atoms with Crippen LogP contribution in [0.4, 0.5) is 0 Å². The molecule has 0 bridgehead atoms. The maximum absolute atomic E-state index is 12.2. The Labute approximate surface area is 126 Å². The molecule has 0 saturated carbocycles. The number of sulfonamides is 1. The fourth-order valence-corrected chi connectivity index (χ4v) is 3.68. The topological polar surface area (TPSA) is 66.5 Å². The molecule has 0 radical (unpaired) electrons. The van der Waals surface area contributed by atoms with Gasteiger partial charge in [-0.05, 0) is 37.3 Å². The second-order valence-electron chi connectivity index (χ2n) is 5.65. The number of likely N-dealkylation sites (tertiary alicyclic amines) is 1. The van der Waals surface area contributed by atoms with Crippen LogP contribution in [0.3, 0.4) is 0 Å². The summed E-state index contributed by atoms with van der Waals surface area (Å²) in [6.07, 6.45) is 1.96. The van der Waals surface area contributed by atoms with Gasteiger partial charge in [-0.3, -0.25) is 4.79 Å². The number of amides is 1. The van der Waals surface area contributed by atoms with Gasteiger partial charge in [-0.1, -0.05) is 25.1 Å². The molecule has 0 unspecified atom stereocenters. The van der Waals surface area contributed by atoms with Crippen molar-refractivity contribution in [3.8, 4) is 0 Å². The zero-order chi connectivity index (χ0) is 15.5. The third kappa shape index (κ3) is 4.04. The molecule has 1 aliphatic rings. The predicted molar refractivity (Wildman–Crippen MR) is 81.3 cm³/mol. The van der Waals surface area contributed by atoms with Crippen molar-refractivity contribution in [2.75, 3.05) is 19.6 Å². The number of hydrogen-bond acceptors (Lipinski definition) is 3. The Bertz CT molecular complexity index is 605. The van der Waals surface area contributed by atoms with Crippen LogP contribution in [0.5, 0.6) is 0 Å². The molecule has 1 saturated heterocycles. The van der Waals surface area contributed by atoms with Crippen LogP contribution < -0.4 is 4.72 Å². The van der Waals surface area contributed by atoms with Crippen molar-refractivity contribution in [1.82, 2.24) is 9.62 Å². The van der Waals surface area contributed by atoms with Crippen molar-refractivity contribution in [2.45, 2.75) is 31.6 Å². The fourth-order valence-electron chi connectivity index (χ4n) is 2.46. The van der Waals surface area contributed by atoms with Gasteiger partial charge in [0.15, 0.2) is 0 Å². The number of benzene rings is 1. The third-order valence-corrected chi connectivity index (χ3v) is 5.49. The molecule has 5 nitrogen and oxygen atoms in total. The quantitative estimate of drug-likeness (QED) is 0.917. The number of piperidine rings is 1. The summed E-state index contributed by atoms with van der Waals surface area (Å²) in [6.45, 7) is 5.16. The Morgan fingerprint density at radius 2 is 1.90 bits per heavy atom. The van der Waals surface area contributed by atoms with Crippen LogP contribution >= 0.6 is 0 Å². The molecule has 21 heavy (non-hydrogen) atoms. The lowest BCUT2D eigenvalue weighted by atomic mass is 9.99. The molecule has 1 heterocycles. The minimum atomic E-state index is -3.63. The Morgan fingerprint density at radius 3 is 2.52 bits per heavy atom. The van der Waals surface area contributed by atoms with Gasteiger partial charge in [-0.25, -0.2) is 13.1 Å². The Balaban J connectivity index is 1.96. The first-order chi connectivity index (χ1) is 9.90. The zero-order valence-electron chi connectivity index (χ0n) is 12.5. The number of nitrogens with one attached hydrogen (secondary N) is 1. The lowest BCUT2D eigenvalue weighted by Gasteiger charge is -2.30. The van der Waals surface area contributed by atoms with E-state index in [0.717, 1.165) is 12.8 Å². The Morgan fingerprint density at radius 1 is 1.29 bits per heavy atom. The van der Waals surface area contributed by atoms with Crippen molar-refractivity contribution in [1.29, 1.82) is 0 Å². The van der Waals surface area contributed by atoms with E-state index in [1.165, 1.54) is 0 Å². The molecular weight excluding hydrogens is 288 g/mol. The van der Waals surface area contributed by atoms with Crippen LogP contribution in [0.15, 0.2) is 29.2 Å². The van der Waals surface area contributed by atoms with Crippen molar-refractivity contribution >= 4 is 15.9 Å². The number of rotatable bonds is 4. The van der Waals surface area contributed by atoms with Crippen LogP contribution in [0.25, 0.3) is 0 Å². The second kappa shape index (κ2) is 6.58. The highest BCUT2D eigenvalue weighted by Crippen LogP contribution is 2.16. The largest absolute Gasteiger partial charge is 0.342 e. The van der Waals surface area contributed by atoms with Gasteiger partial charge in [0.1, 0.15) is 0 Å². The molecule has 1 fully saturated rings. The van der Waals surface area contributed by atoms with E-state index in [1.807, 2.05) is 0 Å². The van der Waals surface area contributed by atoms with E-state index in [1.54, 1.807) is 36.1 Å². The van der Waals surface area contributed by atoms with E-state index >= 15 is 0 Å². The standard InChI is InChI=1S/C15H22N2O3S/c1-12-7-9-17(10-8-12)15(18)11-16-21(19,20)14-6-4-3-5-13(14)2/h3-6,12,16H,7-11H2,1-2H3. The van der Waals surface area contributed by atoms with Crippen molar-refractivity contribution in [3.63, 3.8) is 0 Å². The third-order valence-electron chi connectivity index (χ3n) is 3.93. The van der Waals surface area contributed by atoms with Gasteiger partial charge in [0.2, 0.25) is 15.9 Å². The molecule has 0 aromatic heterocycles. The average molecular weight is 310 g/mol. The summed E-state index contributed by atoms with van der Waals surface area (Å²) in [5.74, 6) is 0.483. The summed E-state index contributed by atoms with van der Waals surface area (Å²) in [4.78, 5) is 14.0. The van der Waals surface area contributed by atoms with E-state index in [4.69, 9.17) is 0 Å². The maximum Gasteiger partial charge on any atom is 0.241 e. The molecule has 0 spiro atoms. The molecule has 1 amide bonds. The van der Waals surface area contributed by atoms with Crippen LogP contribution in [0, 0.1) is 12.8 Å². The van der Waals surface area contributed by atoms with Gasteiger partial charge < -0.3 is 4.90 Å². The highest BCUT2D eigenvalue weighted by Gasteiger charge is 2.22. The molecule has 1 aromatic carbocycles. The molecule has 0 aliphatic carbocycles. The van der Waals surface area contributed by atoms with Crippen molar-refractivity contribution < 1.29 is 13.2 Å². The van der Waals surface area contributed by atoms with Gasteiger partial charge in [-0.15, -0.1) is 0 Å². The summed E-state index contributed by atoms with van der Waals surface area (Å²) in [7, 11) is -3.63. The zero-order valence-corrected chi connectivity index (χ0v) is 13.3. The first kappa shape index (κ1) is 16.0. The van der Waals surface area contributed by atoms with Gasteiger partial charge in [0.05, 0.1) is 11.4 Å². The summed E-state index contributed by atoms with van der Waals surface area (Å²) in [5, 5.41) is 0. The van der Waals surface area contributed by atoms with Crippen LogP contribution in [0.2, 0.25) is 0 Å². The molecule has 2 rings (SSSR count). The lowest BCUT2D eigenvalue weighted by molar-refractivity contribution is -0.131. The van der Waals surface area contributed by atoms with E-state index in [2.05, 4.69) is 11.6 Å². The molecule has 1 aromatic rings. The minimum Gasteiger partial charge on any atom is -0.342 e. The Hall–Kier alpha value is -1.40. The average Bonchev–Trinajstić information content (AvgIpc) is 2.46. The number of nitrogens with zero attached hydrogens (tertiary/aromatic N) is 1. The summed E-state index contributed by atoms with van der Waals surface area (Å²) >= 11 is 0. The van der Waals surface area contributed by atoms with Gasteiger partial charge in [-0.2, -0.15) is 0 Å². The molecular formula is C15H22N2O3S. The van der Waals surface area contributed by atoms with Crippen LogP contribution in [-0.2, 0) is 14.8 Å². The highest BCUT2D eigenvalue weighted by molar-refractivity contribution is 7.89. The van der Waals surface area contributed by atoms with Crippen LogP contribution in [-0.4, -0.2) is 38.9 Å². The van der Waals surface area contributed by atoms with Crippen molar-refractivity contribution in [3.05, 3.63) is 29.8 Å². The van der Waals surface area contributed by atoms with Crippen molar-refractivity contribution in [2.24, 2.45) is 5.92 Å². The van der Waals surface area contributed by atoms with Crippen LogP contribution in [0.1, 0.15) is 25.3 Å². The summed E-state index contributed by atoms with van der Waals surface area (Å²) in [5.41, 5.74) is 0.671. The molecule has 1 N–H and O–H groups in total. The van der Waals surface area contributed by atoms with E-state index in [0.29, 0.717) is 24.6 Å².